The van der Waals surface area contributed by atoms with E-state index in [4.69, 9.17) is 0 Å². The van der Waals surface area contributed by atoms with E-state index in [1.807, 2.05) is 13.8 Å². The number of carbonyl (C=O) groups excluding carboxylic acids is 2. The minimum Gasteiger partial charge on any atom is -0.295 e. The fourth-order valence-electron chi connectivity index (χ4n) is 2.41. The van der Waals surface area contributed by atoms with Crippen molar-refractivity contribution in [1.29, 1.82) is 0 Å². The molecule has 0 aliphatic carbocycles. The summed E-state index contributed by atoms with van der Waals surface area (Å²) in [5, 5.41) is 0. The Hall–Kier alpha value is -2.58. The summed E-state index contributed by atoms with van der Waals surface area (Å²) in [5.74, 6) is -0.564. The van der Waals surface area contributed by atoms with E-state index in [2.05, 4.69) is 4.99 Å². The summed E-state index contributed by atoms with van der Waals surface area (Å²) < 4.78 is 27.7. The maximum atomic E-state index is 12.7. The Morgan fingerprint density at radius 3 is 2.30 bits per heavy atom. The van der Waals surface area contributed by atoms with Gasteiger partial charge in [0.15, 0.2) is 5.78 Å². The number of hydrogen-bond donors (Lipinski definition) is 0. The van der Waals surface area contributed by atoms with Crippen LogP contribution in [0, 0.1) is 0 Å². The van der Waals surface area contributed by atoms with Crippen molar-refractivity contribution >= 4 is 21.7 Å². The zero-order chi connectivity index (χ0) is 20.2. The van der Waals surface area contributed by atoms with Crippen molar-refractivity contribution in [1.82, 2.24) is 8.87 Å². The largest absolute Gasteiger partial charge is 0.295 e. The molecule has 1 heterocycles. The second-order valence-electron chi connectivity index (χ2n) is 6.39. The Bertz CT molecular complexity index is 1010. The molecule has 7 nitrogen and oxygen atoms in total. The second kappa shape index (κ2) is 8.41. The zero-order valence-corrected chi connectivity index (χ0v) is 16.6. The molecule has 0 unspecified atom stereocenters. The topological polar surface area (TPSA) is 88.8 Å². The van der Waals surface area contributed by atoms with Crippen molar-refractivity contribution in [2.75, 3.05) is 13.6 Å². The van der Waals surface area contributed by atoms with Crippen LogP contribution in [-0.4, -0.2) is 48.6 Å². The first-order chi connectivity index (χ1) is 12.6. The Balaban J connectivity index is 2.27. The molecule has 0 amide bonds. The van der Waals surface area contributed by atoms with Crippen molar-refractivity contribution in [2.45, 2.75) is 31.7 Å². The fraction of sp³-hybridized carbons (Fsp3) is 0.316. The quantitative estimate of drug-likeness (QED) is 0.707. The van der Waals surface area contributed by atoms with Gasteiger partial charge in [-0.15, -0.1) is 0 Å². The van der Waals surface area contributed by atoms with Gasteiger partial charge in [0, 0.05) is 24.8 Å². The van der Waals surface area contributed by atoms with Crippen LogP contribution in [0.1, 0.15) is 35.9 Å². The summed E-state index contributed by atoms with van der Waals surface area (Å²) in [6, 6.07) is 10.8. The zero-order valence-electron chi connectivity index (χ0n) is 15.8. The minimum atomic E-state index is -3.86. The third-order valence-electron chi connectivity index (χ3n) is 3.82. The molecule has 1 aromatic carbocycles. The van der Waals surface area contributed by atoms with Crippen molar-refractivity contribution in [3.05, 3.63) is 59.7 Å². The van der Waals surface area contributed by atoms with Crippen LogP contribution in [0.2, 0.25) is 0 Å². The number of Topliss-reactive ketones (excluding diaryl/α,β-unsaturated/α-hetero) is 1. The number of likely N-dealkylation sites (N-methyl/N-ethyl adjacent to an activating group) is 1. The number of carbonyl (C=O) groups is 2. The van der Waals surface area contributed by atoms with E-state index in [1.165, 1.54) is 42.8 Å². The molecule has 0 aliphatic rings. The molecule has 0 saturated heterocycles. The number of benzene rings is 1. The molecule has 8 heteroatoms. The number of nitrogens with zero attached hydrogens (tertiary/aromatic N) is 3. The highest BCUT2D eigenvalue weighted by molar-refractivity contribution is 7.89. The maximum Gasteiger partial charge on any atom is 0.247 e. The molecule has 0 fully saturated rings. The van der Waals surface area contributed by atoms with Gasteiger partial charge in [-0.05, 0) is 45.0 Å². The summed E-state index contributed by atoms with van der Waals surface area (Å²) in [5.41, 5.74) is 0.890. The van der Waals surface area contributed by atoms with Crippen LogP contribution in [0.15, 0.2) is 58.5 Å². The van der Waals surface area contributed by atoms with Gasteiger partial charge in [-0.25, -0.2) is 8.42 Å². The number of aromatic nitrogens is 1. The van der Waals surface area contributed by atoms with E-state index in [0.29, 0.717) is 11.1 Å². The molecule has 2 aromatic rings. The maximum absolute atomic E-state index is 12.7. The first-order valence-corrected chi connectivity index (χ1v) is 9.89. The molecular formula is C19H23N3O4S. The van der Waals surface area contributed by atoms with Crippen LogP contribution in [0.4, 0.5) is 0 Å². The summed E-state index contributed by atoms with van der Waals surface area (Å²) in [7, 11) is -2.52. The molecule has 0 bridgehead atoms. The summed E-state index contributed by atoms with van der Waals surface area (Å²) in [4.78, 5) is 28.4. The highest BCUT2D eigenvalue weighted by Gasteiger charge is 2.23. The lowest BCUT2D eigenvalue weighted by Crippen LogP contribution is -2.38. The lowest BCUT2D eigenvalue weighted by molar-refractivity contribution is 0.0886. The number of hydrogen-bond acceptors (Lipinski definition) is 5. The van der Waals surface area contributed by atoms with Gasteiger partial charge in [-0.3, -0.25) is 19.1 Å². The summed E-state index contributed by atoms with van der Waals surface area (Å²) in [6.45, 7) is 4.85. The van der Waals surface area contributed by atoms with Gasteiger partial charge in [0.1, 0.15) is 5.49 Å². The molecule has 0 atom stereocenters. The van der Waals surface area contributed by atoms with E-state index in [0.717, 1.165) is 4.31 Å². The van der Waals surface area contributed by atoms with Crippen LogP contribution >= 0.6 is 0 Å². The van der Waals surface area contributed by atoms with Crippen molar-refractivity contribution < 1.29 is 18.0 Å². The molecule has 144 valence electrons. The second-order valence-corrected chi connectivity index (χ2v) is 8.43. The first-order valence-electron chi connectivity index (χ1n) is 8.45. The van der Waals surface area contributed by atoms with Crippen LogP contribution < -0.4 is 5.49 Å². The molecule has 0 aliphatic heterocycles. The van der Waals surface area contributed by atoms with Gasteiger partial charge in [0.2, 0.25) is 15.9 Å². The Morgan fingerprint density at radius 1 is 1.11 bits per heavy atom. The summed E-state index contributed by atoms with van der Waals surface area (Å²) in [6.07, 6.45) is 1.56. The molecule has 0 saturated carbocycles. The van der Waals surface area contributed by atoms with Crippen LogP contribution in [-0.2, 0) is 10.0 Å². The Labute approximate surface area is 159 Å². The fourth-order valence-corrected chi connectivity index (χ4v) is 3.53. The predicted octanol–water partition coefficient (Wildman–Crippen LogP) is 1.96. The van der Waals surface area contributed by atoms with E-state index in [9.17, 15) is 18.0 Å². The lowest BCUT2D eigenvalue weighted by Gasteiger charge is -2.17. The highest BCUT2D eigenvalue weighted by atomic mass is 32.2. The monoisotopic (exact) mass is 389 g/mol. The average molecular weight is 389 g/mol. The van der Waals surface area contributed by atoms with E-state index < -0.39 is 15.9 Å². The van der Waals surface area contributed by atoms with Gasteiger partial charge in [0.25, 0.3) is 0 Å². The third-order valence-corrected chi connectivity index (χ3v) is 5.64. The molecule has 2 rings (SSSR count). The number of rotatable bonds is 6. The van der Waals surface area contributed by atoms with Crippen molar-refractivity contribution in [3.8, 4) is 0 Å². The van der Waals surface area contributed by atoms with Gasteiger partial charge in [-0.2, -0.15) is 4.31 Å². The Morgan fingerprint density at radius 2 is 1.74 bits per heavy atom. The van der Waals surface area contributed by atoms with Gasteiger partial charge in [0.05, 0.1) is 11.4 Å². The summed E-state index contributed by atoms with van der Waals surface area (Å²) >= 11 is 0. The van der Waals surface area contributed by atoms with E-state index in [1.54, 1.807) is 24.4 Å². The van der Waals surface area contributed by atoms with E-state index in [-0.39, 0.29) is 23.3 Å². The van der Waals surface area contributed by atoms with Crippen LogP contribution in [0.25, 0.3) is 0 Å². The smallest absolute Gasteiger partial charge is 0.247 e. The number of sulfonamides is 1. The number of ketones is 1. The molecule has 0 radical (unpaired) electrons. The van der Waals surface area contributed by atoms with Crippen molar-refractivity contribution in [3.63, 3.8) is 0 Å². The molecule has 1 aromatic heterocycles. The normalized spacial score (nSPS) is 12.6. The molecule has 0 N–H and O–H groups in total. The minimum absolute atomic E-state index is 0.00676. The molecule has 27 heavy (non-hydrogen) atoms. The standard InChI is InChI=1S/C19H23N3O4S/c1-14(2)20-18-7-5-6-12-22(18)19(24)13-21(4)27(25,26)17-10-8-16(9-11-17)15(3)23/h5-12,14H,13H2,1-4H3. The average Bonchev–Trinajstić information content (AvgIpc) is 2.61. The molecule has 0 spiro atoms. The SMILES string of the molecule is CC(=O)c1ccc(S(=O)(=O)N(C)CC(=O)n2ccccc2=NC(C)C)cc1. The van der Waals surface area contributed by atoms with Crippen molar-refractivity contribution in [2.24, 2.45) is 4.99 Å². The van der Waals surface area contributed by atoms with Crippen LogP contribution in [0.3, 0.4) is 0 Å². The van der Waals surface area contributed by atoms with Gasteiger partial charge >= 0.3 is 0 Å². The number of pyridine rings is 1. The lowest BCUT2D eigenvalue weighted by atomic mass is 10.2. The van der Waals surface area contributed by atoms with E-state index >= 15 is 0 Å². The third kappa shape index (κ3) is 4.99. The van der Waals surface area contributed by atoms with Gasteiger partial charge < -0.3 is 0 Å². The predicted molar refractivity (Wildman–Crippen MR) is 102 cm³/mol. The first kappa shape index (κ1) is 20.7. The molecular weight excluding hydrogens is 366 g/mol. The van der Waals surface area contributed by atoms with Crippen LogP contribution in [0.5, 0.6) is 0 Å². The van der Waals surface area contributed by atoms with Gasteiger partial charge in [-0.1, -0.05) is 18.2 Å². The Kier molecular flexibility index (Phi) is 6.45. The highest BCUT2D eigenvalue weighted by Crippen LogP contribution is 2.15.